The smallest absolute Gasteiger partial charge is 0.0565 e. The van der Waals surface area contributed by atoms with Crippen LogP contribution in [-0.2, 0) is 4.74 Å². The molecule has 1 saturated heterocycles. The molecule has 0 aromatic heterocycles. The quantitative estimate of drug-likeness (QED) is 0.825. The van der Waals surface area contributed by atoms with Crippen LogP contribution in [-0.4, -0.2) is 24.3 Å². The number of ether oxygens (including phenoxy) is 1. The summed E-state index contributed by atoms with van der Waals surface area (Å²) in [7, 11) is 0. The lowest BCUT2D eigenvalue weighted by molar-refractivity contribution is -0.0602. The van der Waals surface area contributed by atoms with E-state index in [1.54, 1.807) is 6.42 Å². The molecule has 1 N–H and O–H groups in total. The number of hydrogen-bond acceptors (Lipinski definition) is 2. The van der Waals surface area contributed by atoms with Crippen molar-refractivity contribution >= 4 is 0 Å². The van der Waals surface area contributed by atoms with Crippen molar-refractivity contribution in [2.45, 2.75) is 83.1 Å². The molecule has 108 valence electrons. The molecule has 2 heteroatoms. The standard InChI is InChI=1S/C17H29NO/c1-10-3-16(4-11(2)19-10)18-17-14-6-12-5-13(8-14)9-15(17)7-12/h10-18H,3-9H2,1-2H3. The van der Waals surface area contributed by atoms with Crippen LogP contribution in [0.3, 0.4) is 0 Å². The zero-order valence-corrected chi connectivity index (χ0v) is 12.5. The van der Waals surface area contributed by atoms with Gasteiger partial charge in [0.15, 0.2) is 0 Å². The van der Waals surface area contributed by atoms with E-state index >= 15 is 0 Å². The van der Waals surface area contributed by atoms with Gasteiger partial charge in [0.1, 0.15) is 0 Å². The zero-order chi connectivity index (χ0) is 13.0. The van der Waals surface area contributed by atoms with Crippen LogP contribution in [0.1, 0.15) is 58.8 Å². The fraction of sp³-hybridized carbons (Fsp3) is 1.00. The molecule has 0 spiro atoms. The van der Waals surface area contributed by atoms with Gasteiger partial charge in [0.2, 0.25) is 0 Å². The van der Waals surface area contributed by atoms with Gasteiger partial charge in [-0.15, -0.1) is 0 Å². The van der Waals surface area contributed by atoms with Gasteiger partial charge in [-0.1, -0.05) is 0 Å². The summed E-state index contributed by atoms with van der Waals surface area (Å²) in [4.78, 5) is 0. The minimum Gasteiger partial charge on any atom is -0.375 e. The second-order valence-corrected chi connectivity index (χ2v) is 8.05. The summed E-state index contributed by atoms with van der Waals surface area (Å²) in [5.41, 5.74) is 0. The van der Waals surface area contributed by atoms with Crippen LogP contribution in [0, 0.1) is 23.7 Å². The van der Waals surface area contributed by atoms with Gasteiger partial charge in [-0.05, 0) is 82.5 Å². The SMILES string of the molecule is CC1CC(NC2C3CC4CC(C3)CC2C4)CC(C)O1. The molecule has 1 aliphatic heterocycles. The fourth-order valence-electron chi connectivity index (χ4n) is 6.01. The molecule has 2 nitrogen and oxygen atoms in total. The molecule has 4 bridgehead atoms. The molecule has 2 atom stereocenters. The molecule has 2 unspecified atom stereocenters. The van der Waals surface area contributed by atoms with E-state index in [1.807, 2.05) is 0 Å². The first-order valence-corrected chi connectivity index (χ1v) is 8.59. The average Bonchev–Trinajstić information content (AvgIpc) is 2.31. The summed E-state index contributed by atoms with van der Waals surface area (Å²) in [6.07, 6.45) is 11.0. The first kappa shape index (κ1) is 12.6. The third-order valence-corrected chi connectivity index (χ3v) is 6.35. The highest BCUT2D eigenvalue weighted by Gasteiger charge is 2.48. The maximum absolute atomic E-state index is 5.88. The van der Waals surface area contributed by atoms with Crippen molar-refractivity contribution in [2.24, 2.45) is 23.7 Å². The van der Waals surface area contributed by atoms with Crippen molar-refractivity contribution in [3.05, 3.63) is 0 Å². The molecule has 0 amide bonds. The van der Waals surface area contributed by atoms with E-state index in [2.05, 4.69) is 19.2 Å². The molecule has 4 aliphatic carbocycles. The third-order valence-electron chi connectivity index (χ3n) is 6.35. The lowest BCUT2D eigenvalue weighted by Crippen LogP contribution is -2.58. The monoisotopic (exact) mass is 263 g/mol. The van der Waals surface area contributed by atoms with Gasteiger partial charge < -0.3 is 10.1 Å². The van der Waals surface area contributed by atoms with Crippen molar-refractivity contribution in [2.75, 3.05) is 0 Å². The van der Waals surface area contributed by atoms with E-state index in [1.165, 1.54) is 38.5 Å². The molecule has 5 aliphatic rings. The largest absolute Gasteiger partial charge is 0.375 e. The Morgan fingerprint density at radius 3 is 1.79 bits per heavy atom. The van der Waals surface area contributed by atoms with E-state index in [0.717, 1.165) is 29.7 Å². The maximum atomic E-state index is 5.88. The van der Waals surface area contributed by atoms with E-state index in [9.17, 15) is 0 Å². The second kappa shape index (κ2) is 4.73. The molecule has 0 radical (unpaired) electrons. The first-order chi connectivity index (χ1) is 9.17. The summed E-state index contributed by atoms with van der Waals surface area (Å²) in [5, 5.41) is 4.08. The molecule has 0 aromatic rings. The lowest BCUT2D eigenvalue weighted by Gasteiger charge is -2.55. The maximum Gasteiger partial charge on any atom is 0.0565 e. The highest BCUT2D eigenvalue weighted by Crippen LogP contribution is 2.53. The Morgan fingerprint density at radius 2 is 1.26 bits per heavy atom. The molecule has 1 heterocycles. The van der Waals surface area contributed by atoms with Crippen molar-refractivity contribution in [3.63, 3.8) is 0 Å². The summed E-state index contributed by atoms with van der Waals surface area (Å²) in [6, 6.07) is 1.55. The van der Waals surface area contributed by atoms with Crippen LogP contribution in [0.25, 0.3) is 0 Å². The van der Waals surface area contributed by atoms with Crippen molar-refractivity contribution in [1.29, 1.82) is 0 Å². The summed E-state index contributed by atoms with van der Waals surface area (Å²) in [5.74, 6) is 4.19. The van der Waals surface area contributed by atoms with Gasteiger partial charge in [0.25, 0.3) is 0 Å². The summed E-state index contributed by atoms with van der Waals surface area (Å²) < 4.78 is 5.88. The normalized spacial score (nSPS) is 56.5. The van der Waals surface area contributed by atoms with Gasteiger partial charge in [0, 0.05) is 12.1 Å². The predicted octanol–water partition coefficient (Wildman–Crippen LogP) is 3.36. The van der Waals surface area contributed by atoms with E-state index < -0.39 is 0 Å². The fourth-order valence-corrected chi connectivity index (χ4v) is 6.01. The van der Waals surface area contributed by atoms with Crippen molar-refractivity contribution < 1.29 is 4.74 Å². The molecular weight excluding hydrogens is 234 g/mol. The Kier molecular flexibility index (Phi) is 3.15. The lowest BCUT2D eigenvalue weighted by atomic mass is 9.54. The average molecular weight is 263 g/mol. The van der Waals surface area contributed by atoms with Crippen molar-refractivity contribution in [3.8, 4) is 0 Å². The zero-order valence-electron chi connectivity index (χ0n) is 12.5. The Hall–Kier alpha value is -0.0800. The van der Waals surface area contributed by atoms with Gasteiger partial charge in [-0.3, -0.25) is 0 Å². The summed E-state index contributed by atoms with van der Waals surface area (Å²) >= 11 is 0. The van der Waals surface area contributed by atoms with Gasteiger partial charge in [-0.2, -0.15) is 0 Å². The Morgan fingerprint density at radius 1 is 0.737 bits per heavy atom. The first-order valence-electron chi connectivity index (χ1n) is 8.59. The minimum atomic E-state index is 0.443. The van der Waals surface area contributed by atoms with Crippen LogP contribution in [0.4, 0.5) is 0 Å². The third kappa shape index (κ3) is 2.35. The van der Waals surface area contributed by atoms with Crippen LogP contribution in [0.2, 0.25) is 0 Å². The molecule has 5 rings (SSSR count). The number of nitrogens with one attached hydrogen (secondary N) is 1. The molecule has 19 heavy (non-hydrogen) atoms. The van der Waals surface area contributed by atoms with Gasteiger partial charge >= 0.3 is 0 Å². The minimum absolute atomic E-state index is 0.443. The highest BCUT2D eigenvalue weighted by molar-refractivity contribution is 5.02. The van der Waals surface area contributed by atoms with Crippen LogP contribution in [0.5, 0.6) is 0 Å². The van der Waals surface area contributed by atoms with Gasteiger partial charge in [-0.25, -0.2) is 0 Å². The van der Waals surface area contributed by atoms with Crippen molar-refractivity contribution in [1.82, 2.24) is 5.32 Å². The van der Waals surface area contributed by atoms with E-state index in [0.29, 0.717) is 18.2 Å². The molecule has 5 fully saturated rings. The van der Waals surface area contributed by atoms with Gasteiger partial charge in [0.05, 0.1) is 12.2 Å². The second-order valence-electron chi connectivity index (χ2n) is 8.05. The van der Waals surface area contributed by atoms with E-state index in [4.69, 9.17) is 4.74 Å². The van der Waals surface area contributed by atoms with Crippen LogP contribution in [0.15, 0.2) is 0 Å². The Balaban J connectivity index is 1.42. The molecule has 4 saturated carbocycles. The number of hydrogen-bond donors (Lipinski definition) is 1. The predicted molar refractivity (Wildman–Crippen MR) is 77.0 cm³/mol. The Labute approximate surface area is 117 Å². The van der Waals surface area contributed by atoms with Crippen LogP contribution >= 0.6 is 0 Å². The molecule has 0 aromatic carbocycles. The topological polar surface area (TPSA) is 21.3 Å². The number of rotatable bonds is 2. The summed E-state index contributed by atoms with van der Waals surface area (Å²) in [6.45, 7) is 4.47. The molecular formula is C17H29NO. The highest BCUT2D eigenvalue weighted by atomic mass is 16.5. The van der Waals surface area contributed by atoms with Crippen LogP contribution < -0.4 is 5.32 Å². The Bertz CT molecular complexity index is 304. The van der Waals surface area contributed by atoms with E-state index in [-0.39, 0.29) is 0 Å².